The van der Waals surface area contributed by atoms with Crippen molar-refractivity contribution >= 4 is 28.1 Å². The van der Waals surface area contributed by atoms with Crippen LogP contribution < -0.4 is 10.6 Å². The van der Waals surface area contributed by atoms with Gasteiger partial charge in [0.05, 0.1) is 35.0 Å². The molecular formula is C26H31N9. The van der Waals surface area contributed by atoms with Crippen LogP contribution in [-0.4, -0.2) is 82.8 Å². The average Bonchev–Trinajstić information content (AvgIpc) is 3.29. The zero-order valence-electron chi connectivity index (χ0n) is 20.4. The first-order valence-electron chi connectivity index (χ1n) is 11.7. The molecule has 0 amide bonds. The van der Waals surface area contributed by atoms with E-state index in [4.69, 9.17) is 11.1 Å². The van der Waals surface area contributed by atoms with Crippen molar-refractivity contribution in [2.24, 2.45) is 0 Å². The molecule has 1 aliphatic heterocycles. The first-order chi connectivity index (χ1) is 16.9. The Balaban J connectivity index is 1.48. The molecule has 4 N–H and O–H groups in total. The van der Waals surface area contributed by atoms with Gasteiger partial charge in [0.1, 0.15) is 5.82 Å². The largest absolute Gasteiger partial charge is 0.383 e. The summed E-state index contributed by atoms with van der Waals surface area (Å²) in [4.78, 5) is 23.4. The molecule has 0 aliphatic carbocycles. The second kappa shape index (κ2) is 9.44. The number of anilines is 2. The van der Waals surface area contributed by atoms with Crippen LogP contribution in [0.3, 0.4) is 0 Å². The molecule has 0 bridgehead atoms. The van der Waals surface area contributed by atoms with Crippen molar-refractivity contribution in [3.8, 4) is 11.1 Å². The predicted octanol–water partition coefficient (Wildman–Crippen LogP) is 2.83. The first-order valence-corrected chi connectivity index (χ1v) is 11.7. The summed E-state index contributed by atoms with van der Waals surface area (Å²) in [6.45, 7) is 4.74. The van der Waals surface area contributed by atoms with Crippen LogP contribution in [0.15, 0.2) is 49.2 Å². The molecule has 5 heterocycles. The van der Waals surface area contributed by atoms with Gasteiger partial charge in [0.2, 0.25) is 0 Å². The van der Waals surface area contributed by atoms with Crippen molar-refractivity contribution in [1.82, 2.24) is 29.7 Å². The Morgan fingerprint density at radius 3 is 2.51 bits per heavy atom. The van der Waals surface area contributed by atoms with E-state index in [0.717, 1.165) is 66.0 Å². The minimum absolute atomic E-state index is 0.301. The van der Waals surface area contributed by atoms with Crippen LogP contribution >= 0.6 is 0 Å². The van der Waals surface area contributed by atoms with Crippen LogP contribution in [0.4, 0.5) is 11.5 Å². The Hall–Kier alpha value is -3.82. The summed E-state index contributed by atoms with van der Waals surface area (Å²) in [7, 11) is 6.21. The number of piperazine rings is 1. The van der Waals surface area contributed by atoms with Gasteiger partial charge in [-0.15, -0.1) is 0 Å². The molecule has 0 radical (unpaired) electrons. The maximum atomic E-state index is 8.96. The Kier molecular flexibility index (Phi) is 6.19. The van der Waals surface area contributed by atoms with E-state index in [1.165, 1.54) is 0 Å². The van der Waals surface area contributed by atoms with Crippen molar-refractivity contribution in [2.45, 2.75) is 6.54 Å². The first kappa shape index (κ1) is 22.9. The Morgan fingerprint density at radius 2 is 1.74 bits per heavy atom. The normalized spacial score (nSPS) is 14.7. The topological polar surface area (TPSA) is 114 Å². The minimum atomic E-state index is 0.301. The Labute approximate surface area is 205 Å². The number of likely N-dealkylation sites (N-methyl/N-ethyl adjacent to an activating group) is 1. The third-order valence-corrected chi connectivity index (χ3v) is 6.45. The van der Waals surface area contributed by atoms with Crippen molar-refractivity contribution in [3.05, 3.63) is 66.0 Å². The van der Waals surface area contributed by atoms with Gasteiger partial charge in [0.25, 0.3) is 0 Å². The van der Waals surface area contributed by atoms with Gasteiger partial charge >= 0.3 is 0 Å². The maximum absolute atomic E-state index is 8.96. The lowest BCUT2D eigenvalue weighted by atomic mass is 10.0. The van der Waals surface area contributed by atoms with Crippen molar-refractivity contribution in [2.75, 3.05) is 58.0 Å². The lowest BCUT2D eigenvalue weighted by Gasteiger charge is -2.34. The van der Waals surface area contributed by atoms with E-state index in [-0.39, 0.29) is 0 Å². The molecule has 1 saturated heterocycles. The zero-order chi connectivity index (χ0) is 24.5. The fraction of sp³-hybridized carbons (Fsp3) is 0.308. The van der Waals surface area contributed by atoms with Crippen molar-refractivity contribution in [3.63, 3.8) is 0 Å². The molecule has 1 aliphatic rings. The second-order valence-corrected chi connectivity index (χ2v) is 9.44. The summed E-state index contributed by atoms with van der Waals surface area (Å²) in [5.74, 6) is 0.326. The lowest BCUT2D eigenvalue weighted by Crippen LogP contribution is -2.44. The number of fused-ring (bicyclic) bond motifs is 1. The van der Waals surface area contributed by atoms with E-state index in [2.05, 4.69) is 47.7 Å². The molecule has 4 aromatic rings. The highest BCUT2D eigenvalue weighted by molar-refractivity contribution is 6.15. The highest BCUT2D eigenvalue weighted by Crippen LogP contribution is 2.30. The van der Waals surface area contributed by atoms with E-state index in [0.29, 0.717) is 22.8 Å². The molecule has 0 atom stereocenters. The van der Waals surface area contributed by atoms with E-state index in [1.54, 1.807) is 6.20 Å². The summed E-state index contributed by atoms with van der Waals surface area (Å²) in [5.41, 5.74) is 12.8. The van der Waals surface area contributed by atoms with E-state index in [9.17, 15) is 0 Å². The molecular weight excluding hydrogens is 438 g/mol. The predicted molar refractivity (Wildman–Crippen MR) is 141 cm³/mol. The number of aromatic nitrogens is 4. The van der Waals surface area contributed by atoms with Crippen LogP contribution in [-0.2, 0) is 6.54 Å². The molecule has 0 spiro atoms. The summed E-state index contributed by atoms with van der Waals surface area (Å²) >= 11 is 0. The minimum Gasteiger partial charge on any atom is -0.383 e. The molecule has 0 aromatic carbocycles. The highest BCUT2D eigenvalue weighted by atomic mass is 15.2. The van der Waals surface area contributed by atoms with Crippen LogP contribution in [0.5, 0.6) is 0 Å². The SMILES string of the molecule is CN(C)Cc1cncc(-c2cnc(N)c(C(=N)c3cc4c(N5CCN(C)CC5)cncc4[nH]3)c2)c1. The Morgan fingerprint density at radius 1 is 1.00 bits per heavy atom. The highest BCUT2D eigenvalue weighted by Gasteiger charge is 2.20. The van der Waals surface area contributed by atoms with Gasteiger partial charge in [0.15, 0.2) is 0 Å². The van der Waals surface area contributed by atoms with Crippen LogP contribution in [0.1, 0.15) is 16.8 Å². The number of nitrogen functional groups attached to an aromatic ring is 1. The lowest BCUT2D eigenvalue weighted by molar-refractivity contribution is 0.313. The third kappa shape index (κ3) is 4.73. The van der Waals surface area contributed by atoms with Gasteiger partial charge in [-0.25, -0.2) is 4.98 Å². The molecule has 0 saturated carbocycles. The van der Waals surface area contributed by atoms with E-state index in [1.807, 2.05) is 51.0 Å². The van der Waals surface area contributed by atoms with Gasteiger partial charge in [-0.3, -0.25) is 15.4 Å². The number of hydrogen-bond acceptors (Lipinski definition) is 8. The van der Waals surface area contributed by atoms with Crippen LogP contribution in [0.25, 0.3) is 22.0 Å². The van der Waals surface area contributed by atoms with Gasteiger partial charge in [-0.2, -0.15) is 0 Å². The van der Waals surface area contributed by atoms with E-state index < -0.39 is 0 Å². The second-order valence-electron chi connectivity index (χ2n) is 9.44. The molecule has 9 heteroatoms. The standard InChI is InChI=1S/C26H31N9/c1-33(2)16-17-8-18(12-29-11-17)19-9-21(26(28)31-13-19)25(27)22-10-20-23(32-22)14-30-15-24(20)35-6-4-34(3)5-7-35/h8-15,27,32H,4-7,16H2,1-3H3,(H2,28,31). The molecule has 5 rings (SSSR count). The quantitative estimate of drug-likeness (QED) is 0.372. The average molecular weight is 470 g/mol. The number of hydrogen-bond donors (Lipinski definition) is 3. The van der Waals surface area contributed by atoms with Gasteiger partial charge in [-0.1, -0.05) is 0 Å². The number of H-pyrrole nitrogens is 1. The number of rotatable bonds is 6. The number of nitrogens with two attached hydrogens (primary N) is 1. The molecule has 35 heavy (non-hydrogen) atoms. The summed E-state index contributed by atoms with van der Waals surface area (Å²) < 4.78 is 0. The molecule has 1 fully saturated rings. The van der Waals surface area contributed by atoms with Crippen molar-refractivity contribution < 1.29 is 0 Å². The van der Waals surface area contributed by atoms with E-state index >= 15 is 0 Å². The Bertz CT molecular complexity index is 1370. The zero-order valence-corrected chi connectivity index (χ0v) is 20.4. The number of pyridine rings is 3. The molecule has 0 unspecified atom stereocenters. The van der Waals surface area contributed by atoms with Gasteiger partial charge in [0, 0.05) is 73.4 Å². The van der Waals surface area contributed by atoms with Crippen LogP contribution in [0.2, 0.25) is 0 Å². The fourth-order valence-electron chi connectivity index (χ4n) is 4.55. The third-order valence-electron chi connectivity index (χ3n) is 6.45. The summed E-state index contributed by atoms with van der Waals surface area (Å²) in [6, 6.07) is 6.05. The number of nitrogens with one attached hydrogen (secondary N) is 2. The smallest absolute Gasteiger partial charge is 0.132 e. The molecule has 4 aromatic heterocycles. The van der Waals surface area contributed by atoms with Crippen LogP contribution in [0, 0.1) is 5.41 Å². The van der Waals surface area contributed by atoms with Gasteiger partial charge < -0.3 is 25.4 Å². The molecule has 180 valence electrons. The maximum Gasteiger partial charge on any atom is 0.132 e. The van der Waals surface area contributed by atoms with Crippen molar-refractivity contribution in [1.29, 1.82) is 5.41 Å². The number of aromatic amines is 1. The monoisotopic (exact) mass is 469 g/mol. The number of nitrogens with zero attached hydrogens (tertiary/aromatic N) is 6. The fourth-order valence-corrected chi connectivity index (χ4v) is 4.55. The van der Waals surface area contributed by atoms with Gasteiger partial charge in [-0.05, 0) is 44.9 Å². The summed E-state index contributed by atoms with van der Waals surface area (Å²) in [5, 5.41) is 10.0. The summed E-state index contributed by atoms with van der Waals surface area (Å²) in [6.07, 6.45) is 9.15. The molecule has 9 nitrogen and oxygen atoms in total.